The zero-order valence-electron chi connectivity index (χ0n) is 11.4. The van der Waals surface area contributed by atoms with Crippen molar-refractivity contribution in [3.05, 3.63) is 16.1 Å². The van der Waals surface area contributed by atoms with Crippen molar-refractivity contribution in [2.45, 2.75) is 58.4 Å². The fraction of sp³-hybridized carbons (Fsp3) is 0.786. The van der Waals surface area contributed by atoms with Crippen molar-refractivity contribution >= 4 is 11.3 Å². The summed E-state index contributed by atoms with van der Waals surface area (Å²) in [6, 6.07) is 0. The molecule has 0 bridgehead atoms. The Kier molecular flexibility index (Phi) is 3.88. The molecule has 1 aromatic rings. The highest BCUT2D eigenvalue weighted by Crippen LogP contribution is 2.44. The average Bonchev–Trinajstić information content (AvgIpc) is 2.87. The second-order valence-electron chi connectivity index (χ2n) is 5.53. The minimum Gasteiger partial charge on any atom is -0.305 e. The van der Waals surface area contributed by atoms with Gasteiger partial charge in [0.25, 0.3) is 0 Å². The number of rotatable bonds is 4. The Balaban J connectivity index is 2.32. The van der Waals surface area contributed by atoms with Crippen LogP contribution in [0.2, 0.25) is 0 Å². The first-order valence-electron chi connectivity index (χ1n) is 6.81. The van der Waals surface area contributed by atoms with Gasteiger partial charge in [0.15, 0.2) is 0 Å². The van der Waals surface area contributed by atoms with E-state index in [0.29, 0.717) is 11.8 Å². The van der Waals surface area contributed by atoms with Gasteiger partial charge in [-0.2, -0.15) is 0 Å². The molecule has 1 aliphatic carbocycles. The predicted octanol–water partition coefficient (Wildman–Crippen LogP) is 3.89. The van der Waals surface area contributed by atoms with E-state index in [-0.39, 0.29) is 5.54 Å². The maximum absolute atomic E-state index is 4.89. The van der Waals surface area contributed by atoms with Gasteiger partial charge in [-0.3, -0.25) is 0 Å². The van der Waals surface area contributed by atoms with Gasteiger partial charge in [0, 0.05) is 5.38 Å². The molecule has 2 nitrogen and oxygen atoms in total. The molecule has 2 atom stereocenters. The van der Waals surface area contributed by atoms with Gasteiger partial charge in [0.1, 0.15) is 5.01 Å². The van der Waals surface area contributed by atoms with Crippen molar-refractivity contribution in [2.24, 2.45) is 5.92 Å². The quantitative estimate of drug-likeness (QED) is 0.879. The van der Waals surface area contributed by atoms with Crippen LogP contribution in [-0.4, -0.2) is 11.5 Å². The molecular weight excluding hydrogens is 228 g/mol. The topological polar surface area (TPSA) is 24.9 Å². The Hall–Kier alpha value is -0.410. The first-order chi connectivity index (χ1) is 8.10. The maximum atomic E-state index is 4.89. The second-order valence-corrected chi connectivity index (χ2v) is 6.39. The SMILES string of the molecule is CCNC1(c2nc(C(C)C)cs2)CCCC1C. The van der Waals surface area contributed by atoms with Crippen molar-refractivity contribution in [3.8, 4) is 0 Å². The molecule has 96 valence electrons. The Labute approximate surface area is 109 Å². The van der Waals surface area contributed by atoms with Crippen LogP contribution in [0.25, 0.3) is 0 Å². The molecule has 1 N–H and O–H groups in total. The summed E-state index contributed by atoms with van der Waals surface area (Å²) in [7, 11) is 0. The lowest BCUT2D eigenvalue weighted by Gasteiger charge is -2.32. The number of nitrogens with zero attached hydrogens (tertiary/aromatic N) is 1. The third-order valence-electron chi connectivity index (χ3n) is 4.04. The van der Waals surface area contributed by atoms with Gasteiger partial charge in [-0.1, -0.05) is 34.1 Å². The highest BCUT2D eigenvalue weighted by atomic mass is 32.1. The highest BCUT2D eigenvalue weighted by Gasteiger charge is 2.43. The molecule has 0 aromatic carbocycles. The Morgan fingerprint density at radius 1 is 1.59 bits per heavy atom. The largest absolute Gasteiger partial charge is 0.305 e. The Morgan fingerprint density at radius 3 is 2.82 bits per heavy atom. The second kappa shape index (κ2) is 5.07. The first kappa shape index (κ1) is 13.0. The van der Waals surface area contributed by atoms with Gasteiger partial charge in [0.05, 0.1) is 11.2 Å². The number of hydrogen-bond acceptors (Lipinski definition) is 3. The monoisotopic (exact) mass is 252 g/mol. The molecule has 0 aliphatic heterocycles. The zero-order valence-corrected chi connectivity index (χ0v) is 12.2. The van der Waals surface area contributed by atoms with Gasteiger partial charge in [-0.05, 0) is 31.2 Å². The summed E-state index contributed by atoms with van der Waals surface area (Å²) in [5, 5.41) is 7.28. The highest BCUT2D eigenvalue weighted by molar-refractivity contribution is 7.09. The van der Waals surface area contributed by atoms with E-state index < -0.39 is 0 Å². The molecule has 0 spiro atoms. The summed E-state index contributed by atoms with van der Waals surface area (Å²) >= 11 is 1.84. The lowest BCUT2D eigenvalue weighted by atomic mass is 9.89. The minimum atomic E-state index is 0.159. The molecule has 0 saturated heterocycles. The van der Waals surface area contributed by atoms with Crippen LogP contribution in [0.15, 0.2) is 5.38 Å². The van der Waals surface area contributed by atoms with Crippen LogP contribution in [0, 0.1) is 5.92 Å². The van der Waals surface area contributed by atoms with Gasteiger partial charge in [0.2, 0.25) is 0 Å². The molecule has 1 aliphatic rings. The van der Waals surface area contributed by atoms with E-state index in [2.05, 4.69) is 38.4 Å². The van der Waals surface area contributed by atoms with Crippen molar-refractivity contribution in [3.63, 3.8) is 0 Å². The normalized spacial score (nSPS) is 29.1. The summed E-state index contributed by atoms with van der Waals surface area (Å²) in [4.78, 5) is 4.89. The summed E-state index contributed by atoms with van der Waals surface area (Å²) in [6.07, 6.45) is 3.89. The molecule has 2 unspecified atom stereocenters. The summed E-state index contributed by atoms with van der Waals surface area (Å²) in [5.41, 5.74) is 1.41. The van der Waals surface area contributed by atoms with Crippen molar-refractivity contribution < 1.29 is 0 Å². The lowest BCUT2D eigenvalue weighted by molar-refractivity contribution is 0.267. The van der Waals surface area contributed by atoms with Crippen molar-refractivity contribution in [1.82, 2.24) is 10.3 Å². The van der Waals surface area contributed by atoms with Gasteiger partial charge in [-0.25, -0.2) is 4.98 Å². The standard InChI is InChI=1S/C14H24N2S/c1-5-15-14(8-6-7-11(14)4)13-16-12(9-17-13)10(2)3/h9-11,15H,5-8H2,1-4H3. The molecule has 1 aromatic heterocycles. The minimum absolute atomic E-state index is 0.159. The zero-order chi connectivity index (χ0) is 12.5. The Morgan fingerprint density at radius 2 is 2.35 bits per heavy atom. The van der Waals surface area contributed by atoms with Crippen LogP contribution < -0.4 is 5.32 Å². The predicted molar refractivity (Wildman–Crippen MR) is 74.6 cm³/mol. The summed E-state index contributed by atoms with van der Waals surface area (Å²) < 4.78 is 0. The molecule has 0 radical (unpaired) electrons. The molecule has 2 rings (SSSR count). The van der Waals surface area contributed by atoms with E-state index in [1.807, 2.05) is 11.3 Å². The number of nitrogens with one attached hydrogen (secondary N) is 1. The molecular formula is C14H24N2S. The van der Waals surface area contributed by atoms with Crippen molar-refractivity contribution in [2.75, 3.05) is 6.54 Å². The molecule has 1 fully saturated rings. The number of hydrogen-bond donors (Lipinski definition) is 1. The first-order valence-corrected chi connectivity index (χ1v) is 7.69. The third kappa shape index (κ3) is 2.27. The van der Waals surface area contributed by atoms with Crippen LogP contribution in [0.1, 0.15) is 63.6 Å². The molecule has 1 saturated carbocycles. The van der Waals surface area contributed by atoms with Crippen molar-refractivity contribution in [1.29, 1.82) is 0 Å². The van der Waals surface area contributed by atoms with Gasteiger partial charge in [-0.15, -0.1) is 11.3 Å². The van der Waals surface area contributed by atoms with Crippen LogP contribution in [-0.2, 0) is 5.54 Å². The number of thiazole rings is 1. The fourth-order valence-electron chi connectivity index (χ4n) is 2.91. The van der Waals surface area contributed by atoms with E-state index in [0.717, 1.165) is 6.54 Å². The fourth-order valence-corrected chi connectivity index (χ4v) is 4.21. The molecule has 17 heavy (non-hydrogen) atoms. The van der Waals surface area contributed by atoms with E-state index >= 15 is 0 Å². The Bertz CT molecular complexity index is 372. The summed E-state index contributed by atoms with van der Waals surface area (Å²) in [6.45, 7) is 10.0. The van der Waals surface area contributed by atoms with Gasteiger partial charge >= 0.3 is 0 Å². The van der Waals surface area contributed by atoms with E-state index in [1.54, 1.807) is 0 Å². The maximum Gasteiger partial charge on any atom is 0.113 e. The van der Waals surface area contributed by atoms with Crippen LogP contribution in [0.4, 0.5) is 0 Å². The van der Waals surface area contributed by atoms with E-state index in [4.69, 9.17) is 4.98 Å². The number of aromatic nitrogens is 1. The molecule has 3 heteroatoms. The molecule has 0 amide bonds. The average molecular weight is 252 g/mol. The summed E-state index contributed by atoms with van der Waals surface area (Å²) in [5.74, 6) is 1.24. The van der Waals surface area contributed by atoms with E-state index in [9.17, 15) is 0 Å². The van der Waals surface area contributed by atoms with Crippen LogP contribution in [0.5, 0.6) is 0 Å². The smallest absolute Gasteiger partial charge is 0.113 e. The van der Waals surface area contributed by atoms with Crippen LogP contribution in [0.3, 0.4) is 0 Å². The van der Waals surface area contributed by atoms with Crippen LogP contribution >= 0.6 is 11.3 Å². The lowest BCUT2D eigenvalue weighted by Crippen LogP contribution is -2.44. The van der Waals surface area contributed by atoms with E-state index in [1.165, 1.54) is 30.0 Å². The molecule has 1 heterocycles. The third-order valence-corrected chi connectivity index (χ3v) is 5.07. The van der Waals surface area contributed by atoms with Gasteiger partial charge < -0.3 is 5.32 Å².